The molecular weight excluding hydrogens is 478 g/mol. The van der Waals surface area contributed by atoms with Crippen molar-refractivity contribution in [2.75, 3.05) is 0 Å². The van der Waals surface area contributed by atoms with E-state index in [2.05, 4.69) is 20.8 Å². The van der Waals surface area contributed by atoms with Crippen molar-refractivity contribution in [2.45, 2.75) is 123 Å². The predicted octanol–water partition coefficient (Wildman–Crippen LogP) is 7.58. The summed E-state index contributed by atoms with van der Waals surface area (Å²) in [4.78, 5) is 30.2. The summed E-state index contributed by atoms with van der Waals surface area (Å²) >= 11 is 5.96. The first-order valence-electron chi connectivity index (χ1n) is 13.4. The van der Waals surface area contributed by atoms with Gasteiger partial charge in [0, 0.05) is 17.1 Å². The lowest BCUT2D eigenvalue weighted by Gasteiger charge is -2.31. The number of likely N-dealkylation sites (tertiary alicyclic amines) is 1. The van der Waals surface area contributed by atoms with Crippen LogP contribution in [-0.4, -0.2) is 39.9 Å². The molecule has 204 valence electrons. The van der Waals surface area contributed by atoms with E-state index in [4.69, 9.17) is 25.9 Å². The zero-order valence-corrected chi connectivity index (χ0v) is 23.7. The molecule has 0 aromatic heterocycles. The molecular formula is C29H46ClNO5. The van der Waals surface area contributed by atoms with Gasteiger partial charge in [0.15, 0.2) is 0 Å². The van der Waals surface area contributed by atoms with Crippen molar-refractivity contribution in [1.82, 2.24) is 4.90 Å². The van der Waals surface area contributed by atoms with Gasteiger partial charge in [0.05, 0.1) is 6.10 Å². The molecule has 1 saturated heterocycles. The first-order valence-corrected chi connectivity index (χ1v) is 13.8. The van der Waals surface area contributed by atoms with Crippen molar-refractivity contribution >= 4 is 23.8 Å². The molecule has 6 nitrogen and oxygen atoms in total. The number of ether oxygens (including phenoxy) is 1. The van der Waals surface area contributed by atoms with E-state index < -0.39 is 5.60 Å². The van der Waals surface area contributed by atoms with Crippen molar-refractivity contribution < 1.29 is 24.2 Å². The van der Waals surface area contributed by atoms with Crippen LogP contribution in [0.5, 0.6) is 0 Å². The van der Waals surface area contributed by atoms with Gasteiger partial charge < -0.3 is 14.7 Å². The monoisotopic (exact) mass is 523 g/mol. The topological polar surface area (TPSA) is 83.9 Å². The molecule has 0 bridgehead atoms. The van der Waals surface area contributed by atoms with Gasteiger partial charge >= 0.3 is 12.2 Å². The van der Waals surface area contributed by atoms with Gasteiger partial charge in [0.2, 0.25) is 0 Å². The van der Waals surface area contributed by atoms with Gasteiger partial charge in [-0.2, -0.15) is 9.59 Å². The minimum Gasteiger partial charge on any atom is -0.444 e. The van der Waals surface area contributed by atoms with Gasteiger partial charge in [0.1, 0.15) is 5.60 Å². The minimum atomic E-state index is -0.393. The molecule has 3 rings (SSSR count). The Morgan fingerprint density at radius 3 is 2.33 bits per heavy atom. The van der Waals surface area contributed by atoms with Crippen LogP contribution in [0.1, 0.15) is 111 Å². The highest BCUT2D eigenvalue weighted by molar-refractivity contribution is 6.30. The second-order valence-electron chi connectivity index (χ2n) is 11.1. The molecule has 0 radical (unpaired) electrons. The summed E-state index contributed by atoms with van der Waals surface area (Å²) in [5.41, 5.74) is 0.579. The second kappa shape index (κ2) is 16.1. The maximum Gasteiger partial charge on any atom is 0.410 e. The van der Waals surface area contributed by atoms with Gasteiger partial charge in [-0.05, 0) is 89.3 Å². The van der Waals surface area contributed by atoms with Crippen LogP contribution in [0.2, 0.25) is 5.02 Å². The quantitative estimate of drug-likeness (QED) is 0.415. The molecule has 7 heteroatoms. The summed E-state index contributed by atoms with van der Waals surface area (Å²) in [5.74, 6) is 1.24. The van der Waals surface area contributed by atoms with E-state index in [0.29, 0.717) is 23.0 Å². The lowest BCUT2D eigenvalue weighted by molar-refractivity contribution is -0.191. The summed E-state index contributed by atoms with van der Waals surface area (Å²) < 4.78 is 5.46. The molecule has 2 fully saturated rings. The molecule has 2 aliphatic rings. The summed E-state index contributed by atoms with van der Waals surface area (Å²) in [7, 11) is 0. The van der Waals surface area contributed by atoms with Crippen LogP contribution < -0.4 is 0 Å². The molecule has 1 aliphatic carbocycles. The number of amides is 1. The highest BCUT2D eigenvalue weighted by Gasteiger charge is 2.36. The number of nitrogens with zero attached hydrogens (tertiary/aromatic N) is 1. The number of aliphatic hydroxyl groups is 1. The van der Waals surface area contributed by atoms with E-state index in [-0.39, 0.29) is 18.3 Å². The lowest BCUT2D eigenvalue weighted by atomic mass is 9.92. The maximum absolute atomic E-state index is 12.1. The molecule has 1 aliphatic heterocycles. The Hall–Kier alpha value is -1.88. The Morgan fingerprint density at radius 1 is 1.14 bits per heavy atom. The second-order valence-corrected chi connectivity index (χ2v) is 11.5. The average molecular weight is 524 g/mol. The summed E-state index contributed by atoms with van der Waals surface area (Å²) in [5, 5.41) is 11.1. The Kier molecular flexibility index (Phi) is 14.3. The Balaban J connectivity index is 0.000000325. The molecule has 5 atom stereocenters. The molecule has 0 unspecified atom stereocenters. The Labute approximate surface area is 222 Å². The molecule has 1 aromatic rings. The Bertz CT molecular complexity index is 816. The van der Waals surface area contributed by atoms with E-state index in [0.717, 1.165) is 43.6 Å². The van der Waals surface area contributed by atoms with Crippen molar-refractivity contribution in [3.63, 3.8) is 0 Å². The molecule has 0 spiro atoms. The van der Waals surface area contributed by atoms with Gasteiger partial charge in [0.25, 0.3) is 0 Å². The van der Waals surface area contributed by atoms with Gasteiger partial charge in [-0.25, -0.2) is 4.79 Å². The first kappa shape index (κ1) is 32.1. The number of carbonyl (C=O) groups is 1. The average Bonchev–Trinajstić information content (AvgIpc) is 3.40. The van der Waals surface area contributed by atoms with Crippen molar-refractivity contribution in [2.24, 2.45) is 11.8 Å². The van der Waals surface area contributed by atoms with E-state index in [1.807, 2.05) is 49.9 Å². The third kappa shape index (κ3) is 11.0. The standard InChI is InChI=1S/C15H21ClO.C13H25NO2.CO2/c1-2-4-11-7-8-13(9-11)15(17)12-5-3-6-14(16)10-12;1-6-7-11-9-8-10(2)14(11)12(15)16-13(3,4)5;2-1-3/h3,5-6,10-11,13,15,17H,2,4,7-9H2,1H3;10-11H,6-9H2,1-5H3;/t11-,13+,15-;10-,11+;/m10./s1. The third-order valence-corrected chi connectivity index (χ3v) is 7.16. The van der Waals surface area contributed by atoms with E-state index in [9.17, 15) is 9.90 Å². The van der Waals surface area contributed by atoms with Crippen LogP contribution in [0.15, 0.2) is 24.3 Å². The zero-order chi connectivity index (χ0) is 27.3. The number of aliphatic hydroxyl groups excluding tert-OH is 1. The summed E-state index contributed by atoms with van der Waals surface area (Å²) in [6, 6.07) is 8.34. The van der Waals surface area contributed by atoms with Gasteiger partial charge in [-0.1, -0.05) is 63.3 Å². The molecule has 1 heterocycles. The number of hydrogen-bond donors (Lipinski definition) is 1. The molecule has 36 heavy (non-hydrogen) atoms. The van der Waals surface area contributed by atoms with Crippen molar-refractivity contribution in [3.05, 3.63) is 34.9 Å². The van der Waals surface area contributed by atoms with Crippen LogP contribution >= 0.6 is 11.6 Å². The van der Waals surface area contributed by atoms with Crippen LogP contribution in [0.3, 0.4) is 0 Å². The highest BCUT2D eigenvalue weighted by Crippen LogP contribution is 2.41. The number of rotatable bonds is 6. The minimum absolute atomic E-state index is 0.143. The van der Waals surface area contributed by atoms with Crippen LogP contribution in [0, 0.1) is 11.8 Å². The summed E-state index contributed by atoms with van der Waals surface area (Å²) in [6.07, 6.45) is 10.4. The number of halogens is 1. The fraction of sp³-hybridized carbons (Fsp3) is 0.724. The van der Waals surface area contributed by atoms with E-state index in [1.165, 1.54) is 25.7 Å². The number of benzene rings is 1. The number of hydrogen-bond acceptors (Lipinski definition) is 5. The molecule has 1 N–H and O–H groups in total. The van der Waals surface area contributed by atoms with Gasteiger partial charge in [-0.15, -0.1) is 0 Å². The molecule has 1 aromatic carbocycles. The number of carbonyl (C=O) groups excluding carboxylic acids is 3. The predicted molar refractivity (Wildman–Crippen MR) is 143 cm³/mol. The maximum atomic E-state index is 12.1. The largest absolute Gasteiger partial charge is 0.444 e. The van der Waals surface area contributed by atoms with Crippen LogP contribution in [-0.2, 0) is 14.3 Å². The summed E-state index contributed by atoms with van der Waals surface area (Å²) in [6.45, 7) is 12.3. The third-order valence-electron chi connectivity index (χ3n) is 6.93. The van der Waals surface area contributed by atoms with E-state index in [1.54, 1.807) is 0 Å². The van der Waals surface area contributed by atoms with E-state index >= 15 is 0 Å². The van der Waals surface area contributed by atoms with Crippen LogP contribution in [0.25, 0.3) is 0 Å². The fourth-order valence-electron chi connectivity index (χ4n) is 5.37. The highest BCUT2D eigenvalue weighted by atomic mass is 35.5. The van der Waals surface area contributed by atoms with Crippen molar-refractivity contribution in [3.8, 4) is 0 Å². The fourth-order valence-corrected chi connectivity index (χ4v) is 5.56. The lowest BCUT2D eigenvalue weighted by Crippen LogP contribution is -2.43. The zero-order valence-electron chi connectivity index (χ0n) is 23.0. The SMILES string of the molecule is CCC[C@@H]1CC[C@H](C)N1C(=O)OC(C)(C)C.CCC[C@@H]1CC[C@H]([C@H](O)c2cccc(Cl)c2)C1.O=C=O. The molecule has 1 saturated carbocycles. The molecule has 1 amide bonds. The van der Waals surface area contributed by atoms with Crippen molar-refractivity contribution in [1.29, 1.82) is 0 Å². The van der Waals surface area contributed by atoms with Crippen LogP contribution in [0.4, 0.5) is 4.79 Å². The first-order chi connectivity index (χ1) is 17.0. The smallest absolute Gasteiger partial charge is 0.410 e. The van der Waals surface area contributed by atoms with Gasteiger partial charge in [-0.3, -0.25) is 0 Å². The normalized spacial score (nSPS) is 24.1. The Morgan fingerprint density at radius 2 is 1.78 bits per heavy atom.